The number of hydrogen-bond donors (Lipinski definition) is 1. The van der Waals surface area contributed by atoms with Crippen LogP contribution >= 0.6 is 0 Å². The van der Waals surface area contributed by atoms with Crippen LogP contribution in [-0.4, -0.2) is 10.7 Å². The van der Waals surface area contributed by atoms with E-state index in [4.69, 9.17) is 0 Å². The third kappa shape index (κ3) is 0.868. The lowest BCUT2D eigenvalue weighted by atomic mass is 9.46. The molecular formula is C15H26O. The molecule has 0 aromatic heterocycles. The zero-order valence-corrected chi connectivity index (χ0v) is 11.3. The molecule has 16 heavy (non-hydrogen) atoms. The number of rotatable bonds is 0. The van der Waals surface area contributed by atoms with Crippen molar-refractivity contribution >= 4 is 0 Å². The van der Waals surface area contributed by atoms with Gasteiger partial charge < -0.3 is 5.11 Å². The van der Waals surface area contributed by atoms with Crippen LogP contribution < -0.4 is 0 Å². The van der Waals surface area contributed by atoms with Gasteiger partial charge in [0.2, 0.25) is 0 Å². The summed E-state index contributed by atoms with van der Waals surface area (Å²) >= 11 is 0. The highest BCUT2D eigenvalue weighted by atomic mass is 16.3. The Balaban J connectivity index is 2.17. The van der Waals surface area contributed by atoms with Gasteiger partial charge in [-0.15, -0.1) is 0 Å². The summed E-state index contributed by atoms with van der Waals surface area (Å²) in [6.07, 6.45) is 7.45. The van der Waals surface area contributed by atoms with Crippen LogP contribution in [0, 0.1) is 22.2 Å². The Kier molecular flexibility index (Phi) is 1.86. The molecule has 92 valence electrons. The van der Waals surface area contributed by atoms with Gasteiger partial charge >= 0.3 is 0 Å². The summed E-state index contributed by atoms with van der Waals surface area (Å²) in [5, 5.41) is 11.4. The van der Waals surface area contributed by atoms with Crippen LogP contribution in [0.3, 0.4) is 0 Å². The molecule has 1 heteroatoms. The molecule has 3 rings (SSSR count). The van der Waals surface area contributed by atoms with Gasteiger partial charge in [0.1, 0.15) is 0 Å². The quantitative estimate of drug-likeness (QED) is 0.662. The minimum Gasteiger partial charge on any atom is -0.389 e. The lowest BCUT2D eigenvalue weighted by Gasteiger charge is -2.61. The van der Waals surface area contributed by atoms with Crippen molar-refractivity contribution in [3.8, 4) is 0 Å². The Bertz CT molecular complexity index is 330. The molecule has 0 heterocycles. The van der Waals surface area contributed by atoms with E-state index in [0.717, 1.165) is 12.3 Å². The summed E-state index contributed by atoms with van der Waals surface area (Å²) in [5.74, 6) is 0.759. The minimum absolute atomic E-state index is 0.142. The van der Waals surface area contributed by atoms with Gasteiger partial charge in [-0.2, -0.15) is 0 Å². The molecule has 0 aromatic rings. The normalized spacial score (nSPS) is 52.7. The van der Waals surface area contributed by atoms with Gasteiger partial charge in [0, 0.05) is 5.41 Å². The minimum atomic E-state index is -0.384. The van der Waals surface area contributed by atoms with Crippen molar-refractivity contribution in [1.29, 1.82) is 0 Å². The zero-order valence-electron chi connectivity index (χ0n) is 11.3. The van der Waals surface area contributed by atoms with Crippen molar-refractivity contribution in [2.45, 2.75) is 71.8 Å². The summed E-state index contributed by atoms with van der Waals surface area (Å²) in [4.78, 5) is 0. The van der Waals surface area contributed by atoms with E-state index in [1.54, 1.807) is 0 Å². The van der Waals surface area contributed by atoms with Gasteiger partial charge in [-0.3, -0.25) is 0 Å². The first kappa shape index (κ1) is 11.1. The van der Waals surface area contributed by atoms with Crippen LogP contribution in [0.2, 0.25) is 0 Å². The second kappa shape index (κ2) is 2.68. The largest absolute Gasteiger partial charge is 0.389 e. The van der Waals surface area contributed by atoms with Crippen molar-refractivity contribution in [2.24, 2.45) is 22.2 Å². The van der Waals surface area contributed by atoms with E-state index in [1.807, 2.05) is 0 Å². The molecule has 0 radical (unpaired) electrons. The Morgan fingerprint density at radius 1 is 1.00 bits per heavy atom. The molecule has 3 unspecified atom stereocenters. The van der Waals surface area contributed by atoms with Crippen LogP contribution in [0.5, 0.6) is 0 Å². The summed E-state index contributed by atoms with van der Waals surface area (Å²) < 4.78 is 0. The molecule has 1 N–H and O–H groups in total. The highest BCUT2D eigenvalue weighted by molar-refractivity contribution is 5.24. The summed E-state index contributed by atoms with van der Waals surface area (Å²) in [7, 11) is 0. The van der Waals surface area contributed by atoms with Crippen molar-refractivity contribution in [2.75, 3.05) is 0 Å². The predicted molar refractivity (Wildman–Crippen MR) is 66.1 cm³/mol. The standard InChI is InChI=1S/C15H26O/c1-12(2)7-5-8-15(16)13(3,4)11-6-9-14(12,15)10-11/h11,16H,5-10H2,1-4H3. The fraction of sp³-hybridized carbons (Fsp3) is 1.00. The maximum Gasteiger partial charge on any atom is 0.0762 e. The maximum absolute atomic E-state index is 11.4. The lowest BCUT2D eigenvalue weighted by molar-refractivity contribution is -0.213. The van der Waals surface area contributed by atoms with Crippen LogP contribution in [-0.2, 0) is 0 Å². The number of hydrogen-bond acceptors (Lipinski definition) is 1. The van der Waals surface area contributed by atoms with E-state index in [9.17, 15) is 5.11 Å². The average Bonchev–Trinajstić information content (AvgIpc) is 2.66. The van der Waals surface area contributed by atoms with Crippen molar-refractivity contribution in [1.82, 2.24) is 0 Å². The molecule has 3 atom stereocenters. The van der Waals surface area contributed by atoms with Gasteiger partial charge in [-0.05, 0) is 55.3 Å². The molecule has 0 aliphatic heterocycles. The van der Waals surface area contributed by atoms with Crippen molar-refractivity contribution in [3.63, 3.8) is 0 Å². The van der Waals surface area contributed by atoms with Gasteiger partial charge in [0.25, 0.3) is 0 Å². The molecule has 1 nitrogen and oxygen atoms in total. The average molecular weight is 222 g/mol. The third-order valence-corrected chi connectivity index (χ3v) is 7.03. The highest BCUT2D eigenvalue weighted by Gasteiger charge is 2.74. The monoisotopic (exact) mass is 222 g/mol. The van der Waals surface area contributed by atoms with E-state index in [-0.39, 0.29) is 16.4 Å². The topological polar surface area (TPSA) is 20.2 Å². The summed E-state index contributed by atoms with van der Waals surface area (Å²) in [5.41, 5.74) is 0.322. The maximum atomic E-state index is 11.4. The Morgan fingerprint density at radius 2 is 1.69 bits per heavy atom. The smallest absolute Gasteiger partial charge is 0.0762 e. The summed E-state index contributed by atoms with van der Waals surface area (Å²) in [6.45, 7) is 9.45. The molecule has 0 saturated heterocycles. The highest BCUT2D eigenvalue weighted by Crippen LogP contribution is 2.76. The molecule has 3 saturated carbocycles. The second-order valence-electron chi connectivity index (χ2n) is 7.84. The molecule has 1 spiro atoms. The van der Waals surface area contributed by atoms with Crippen molar-refractivity contribution in [3.05, 3.63) is 0 Å². The van der Waals surface area contributed by atoms with Crippen LogP contribution in [0.15, 0.2) is 0 Å². The van der Waals surface area contributed by atoms with E-state index in [0.29, 0.717) is 5.41 Å². The molecule has 3 fully saturated rings. The van der Waals surface area contributed by atoms with E-state index >= 15 is 0 Å². The Morgan fingerprint density at radius 3 is 2.31 bits per heavy atom. The van der Waals surface area contributed by atoms with Crippen LogP contribution in [0.25, 0.3) is 0 Å². The molecule has 3 aliphatic rings. The zero-order chi connectivity index (χ0) is 11.8. The van der Waals surface area contributed by atoms with Gasteiger partial charge in [-0.1, -0.05) is 27.7 Å². The Hall–Kier alpha value is -0.0400. The Labute approximate surface area is 99.6 Å². The van der Waals surface area contributed by atoms with Crippen LogP contribution in [0.4, 0.5) is 0 Å². The SMILES string of the molecule is CC1(C)CCCC2(O)C(C)(C)C3CCC12C3. The fourth-order valence-electron chi connectivity index (χ4n) is 5.75. The first-order valence-corrected chi connectivity index (χ1v) is 6.99. The van der Waals surface area contributed by atoms with Gasteiger partial charge in [0.05, 0.1) is 5.60 Å². The van der Waals surface area contributed by atoms with E-state index < -0.39 is 0 Å². The van der Waals surface area contributed by atoms with Crippen LogP contribution in [0.1, 0.15) is 66.2 Å². The molecular weight excluding hydrogens is 196 g/mol. The van der Waals surface area contributed by atoms with Gasteiger partial charge in [0.15, 0.2) is 0 Å². The molecule has 0 amide bonds. The first-order chi connectivity index (χ1) is 7.27. The molecule has 3 aliphatic carbocycles. The van der Waals surface area contributed by atoms with E-state index in [1.165, 1.54) is 32.1 Å². The number of fused-ring (bicyclic) bond motifs is 1. The molecule has 2 bridgehead atoms. The lowest BCUT2D eigenvalue weighted by Crippen LogP contribution is -2.62. The molecule has 0 aromatic carbocycles. The van der Waals surface area contributed by atoms with E-state index in [2.05, 4.69) is 27.7 Å². The van der Waals surface area contributed by atoms with Gasteiger partial charge in [-0.25, -0.2) is 0 Å². The third-order valence-electron chi connectivity index (χ3n) is 7.03. The predicted octanol–water partition coefficient (Wildman–Crippen LogP) is 3.75. The first-order valence-electron chi connectivity index (χ1n) is 6.99. The second-order valence-corrected chi connectivity index (χ2v) is 7.84. The number of aliphatic hydroxyl groups is 1. The fourth-order valence-corrected chi connectivity index (χ4v) is 5.75. The summed E-state index contributed by atoms with van der Waals surface area (Å²) in [6, 6.07) is 0. The van der Waals surface area contributed by atoms with Crippen molar-refractivity contribution < 1.29 is 5.11 Å².